The van der Waals surface area contributed by atoms with Crippen molar-refractivity contribution in [3.8, 4) is 0 Å². The Morgan fingerprint density at radius 3 is 2.55 bits per heavy atom. The maximum absolute atomic E-state index is 13.4. The lowest BCUT2D eigenvalue weighted by molar-refractivity contribution is -0.156. The van der Waals surface area contributed by atoms with E-state index in [1.165, 1.54) is 0 Å². The van der Waals surface area contributed by atoms with Gasteiger partial charge in [0, 0.05) is 0 Å². The molecule has 2 aromatic carbocycles. The fraction of sp³-hybridized carbons (Fsp3) is 0.435. The molecule has 2 bridgehead atoms. The van der Waals surface area contributed by atoms with E-state index in [2.05, 4.69) is 0 Å². The highest BCUT2D eigenvalue weighted by molar-refractivity contribution is 7.92. The SMILES string of the molecule is O=C(OC1CCCCC1S(=O)(=O)c1ccc2ccccc2c1)[C@H]1C[C@@H]2C=C[C@H]1O2. The Balaban J connectivity index is 1.39. The molecule has 0 spiro atoms. The summed E-state index contributed by atoms with van der Waals surface area (Å²) in [4.78, 5) is 13.1. The molecule has 29 heavy (non-hydrogen) atoms. The molecule has 5 nitrogen and oxygen atoms in total. The van der Waals surface area contributed by atoms with Crippen LogP contribution in [-0.2, 0) is 24.1 Å². The standard InChI is InChI=1S/C23H24O5S/c24-23(19-14-17-10-12-20(19)27-17)28-21-7-3-4-8-22(21)29(25,26)18-11-9-15-5-1-2-6-16(15)13-18/h1-2,5-6,9-13,17,19-22H,3-4,7-8,14H2/t17-,19-,20+,21?,22?/m0/s1. The highest BCUT2D eigenvalue weighted by atomic mass is 32.2. The summed E-state index contributed by atoms with van der Waals surface area (Å²) in [6.07, 6.45) is 6.45. The van der Waals surface area contributed by atoms with E-state index in [0.29, 0.717) is 24.2 Å². The van der Waals surface area contributed by atoms with Gasteiger partial charge in [-0.25, -0.2) is 8.42 Å². The van der Waals surface area contributed by atoms with Crippen LogP contribution in [0.2, 0.25) is 0 Å². The summed E-state index contributed by atoms with van der Waals surface area (Å²) in [7, 11) is -3.60. The monoisotopic (exact) mass is 412 g/mol. The molecule has 6 heteroatoms. The fourth-order valence-corrected chi connectivity index (χ4v) is 6.78. The summed E-state index contributed by atoms with van der Waals surface area (Å²) in [6.45, 7) is 0. The van der Waals surface area contributed by atoms with Crippen molar-refractivity contribution in [2.75, 3.05) is 0 Å². The first-order valence-electron chi connectivity index (χ1n) is 10.3. The van der Waals surface area contributed by atoms with Crippen LogP contribution in [0.1, 0.15) is 32.1 Å². The van der Waals surface area contributed by atoms with Crippen molar-refractivity contribution in [1.29, 1.82) is 0 Å². The average Bonchev–Trinajstić information content (AvgIpc) is 3.37. The van der Waals surface area contributed by atoms with E-state index in [-0.39, 0.29) is 24.1 Å². The summed E-state index contributed by atoms with van der Waals surface area (Å²) in [6, 6.07) is 12.9. The molecule has 0 N–H and O–H groups in total. The number of benzene rings is 2. The van der Waals surface area contributed by atoms with Crippen molar-refractivity contribution in [2.45, 2.75) is 60.6 Å². The predicted molar refractivity (Wildman–Crippen MR) is 109 cm³/mol. The number of esters is 1. The Kier molecular flexibility index (Phi) is 4.71. The molecule has 0 amide bonds. The summed E-state index contributed by atoms with van der Waals surface area (Å²) in [5, 5.41) is 1.20. The average molecular weight is 413 g/mol. The van der Waals surface area contributed by atoms with Gasteiger partial charge in [-0.05, 0) is 48.6 Å². The van der Waals surface area contributed by atoms with Crippen LogP contribution in [-0.4, -0.2) is 37.9 Å². The first kappa shape index (κ1) is 18.8. The topological polar surface area (TPSA) is 69.7 Å². The van der Waals surface area contributed by atoms with Gasteiger partial charge in [-0.2, -0.15) is 0 Å². The minimum Gasteiger partial charge on any atom is -0.461 e. The van der Waals surface area contributed by atoms with E-state index in [9.17, 15) is 13.2 Å². The Bertz CT molecular complexity index is 1070. The number of fused-ring (bicyclic) bond motifs is 3. The van der Waals surface area contributed by atoms with Crippen LogP contribution in [0.5, 0.6) is 0 Å². The van der Waals surface area contributed by atoms with Gasteiger partial charge < -0.3 is 9.47 Å². The molecule has 2 unspecified atom stereocenters. The molecule has 2 fully saturated rings. The van der Waals surface area contributed by atoms with Crippen LogP contribution in [0.25, 0.3) is 10.8 Å². The van der Waals surface area contributed by atoms with Crippen LogP contribution >= 0.6 is 0 Å². The van der Waals surface area contributed by atoms with Crippen LogP contribution < -0.4 is 0 Å². The van der Waals surface area contributed by atoms with Crippen molar-refractivity contribution in [1.82, 2.24) is 0 Å². The molecule has 1 aliphatic carbocycles. The number of carbonyl (C=O) groups is 1. The van der Waals surface area contributed by atoms with Crippen LogP contribution in [0.15, 0.2) is 59.5 Å². The van der Waals surface area contributed by atoms with E-state index in [1.54, 1.807) is 12.1 Å². The zero-order chi connectivity index (χ0) is 20.0. The maximum atomic E-state index is 13.4. The number of rotatable bonds is 4. The molecule has 152 valence electrons. The minimum atomic E-state index is -3.60. The molecular weight excluding hydrogens is 388 g/mol. The van der Waals surface area contributed by atoms with Gasteiger partial charge in [0.15, 0.2) is 9.84 Å². The highest BCUT2D eigenvalue weighted by Gasteiger charge is 2.45. The van der Waals surface area contributed by atoms with Crippen LogP contribution in [0.4, 0.5) is 0 Å². The van der Waals surface area contributed by atoms with Crippen LogP contribution in [0, 0.1) is 5.92 Å². The first-order valence-corrected chi connectivity index (χ1v) is 11.8. The highest BCUT2D eigenvalue weighted by Crippen LogP contribution is 2.37. The molecule has 2 aromatic rings. The van der Waals surface area contributed by atoms with Gasteiger partial charge in [-0.15, -0.1) is 0 Å². The number of sulfone groups is 1. The van der Waals surface area contributed by atoms with Gasteiger partial charge in [-0.3, -0.25) is 4.79 Å². The Morgan fingerprint density at radius 1 is 1.00 bits per heavy atom. The quantitative estimate of drug-likeness (QED) is 0.564. The van der Waals surface area contributed by atoms with Crippen molar-refractivity contribution in [3.63, 3.8) is 0 Å². The summed E-state index contributed by atoms with van der Waals surface area (Å²) in [5.41, 5.74) is 0. The van der Waals surface area contributed by atoms with Gasteiger partial charge in [-0.1, -0.05) is 48.9 Å². The van der Waals surface area contributed by atoms with Crippen LogP contribution in [0.3, 0.4) is 0 Å². The van der Waals surface area contributed by atoms with E-state index in [4.69, 9.17) is 9.47 Å². The molecular formula is C23H24O5S. The second kappa shape index (κ2) is 7.26. The predicted octanol–water partition coefficient (Wildman–Crippen LogP) is 3.81. The number of ether oxygens (including phenoxy) is 2. The molecule has 0 aromatic heterocycles. The molecule has 0 radical (unpaired) electrons. The normalized spacial score (nSPS) is 31.2. The van der Waals surface area contributed by atoms with E-state index >= 15 is 0 Å². The third-order valence-corrected chi connectivity index (χ3v) is 8.64. The number of hydrogen-bond donors (Lipinski definition) is 0. The lowest BCUT2D eigenvalue weighted by atomic mass is 9.93. The largest absolute Gasteiger partial charge is 0.461 e. The lowest BCUT2D eigenvalue weighted by Crippen LogP contribution is -2.42. The Labute approximate surface area is 170 Å². The fourth-order valence-electron chi connectivity index (χ4n) is 4.81. The second-order valence-corrected chi connectivity index (χ2v) is 10.4. The first-order chi connectivity index (χ1) is 14.0. The van der Waals surface area contributed by atoms with Gasteiger partial charge in [0.1, 0.15) is 11.4 Å². The van der Waals surface area contributed by atoms with Crippen molar-refractivity contribution in [2.24, 2.45) is 5.92 Å². The van der Waals surface area contributed by atoms with E-state index < -0.39 is 21.2 Å². The van der Waals surface area contributed by atoms with Crippen molar-refractivity contribution < 1.29 is 22.7 Å². The Morgan fingerprint density at radius 2 is 1.79 bits per heavy atom. The summed E-state index contributed by atoms with van der Waals surface area (Å²) >= 11 is 0. The molecule has 5 rings (SSSR count). The van der Waals surface area contributed by atoms with Crippen molar-refractivity contribution in [3.05, 3.63) is 54.6 Å². The molecule has 1 saturated heterocycles. The molecule has 1 saturated carbocycles. The third kappa shape index (κ3) is 3.38. The second-order valence-electron chi connectivity index (χ2n) is 8.22. The molecule has 2 heterocycles. The Hall–Kier alpha value is -2.18. The summed E-state index contributed by atoms with van der Waals surface area (Å²) < 4.78 is 38.4. The molecule has 3 aliphatic rings. The van der Waals surface area contributed by atoms with Gasteiger partial charge in [0.2, 0.25) is 0 Å². The van der Waals surface area contributed by atoms with Gasteiger partial charge in [0.05, 0.1) is 23.0 Å². The molecule has 5 atom stereocenters. The lowest BCUT2D eigenvalue weighted by Gasteiger charge is -2.32. The van der Waals surface area contributed by atoms with Gasteiger partial charge in [0.25, 0.3) is 0 Å². The smallest absolute Gasteiger partial charge is 0.312 e. The maximum Gasteiger partial charge on any atom is 0.312 e. The number of hydrogen-bond acceptors (Lipinski definition) is 5. The molecule has 2 aliphatic heterocycles. The van der Waals surface area contributed by atoms with E-state index in [0.717, 1.165) is 23.6 Å². The van der Waals surface area contributed by atoms with Crippen molar-refractivity contribution >= 4 is 26.6 Å². The van der Waals surface area contributed by atoms with E-state index in [1.807, 2.05) is 42.5 Å². The zero-order valence-corrected chi connectivity index (χ0v) is 16.9. The number of carbonyl (C=O) groups excluding carboxylic acids is 1. The summed E-state index contributed by atoms with van der Waals surface area (Å²) in [5.74, 6) is -0.650. The zero-order valence-electron chi connectivity index (χ0n) is 16.1. The van der Waals surface area contributed by atoms with Gasteiger partial charge >= 0.3 is 5.97 Å². The minimum absolute atomic E-state index is 0.0129. The third-order valence-electron chi connectivity index (χ3n) is 6.39.